The van der Waals surface area contributed by atoms with Gasteiger partial charge in [0.1, 0.15) is 5.56 Å². The summed E-state index contributed by atoms with van der Waals surface area (Å²) in [6.07, 6.45) is 7.92. The minimum absolute atomic E-state index is 0.147. The second-order valence-corrected chi connectivity index (χ2v) is 9.90. The van der Waals surface area contributed by atoms with Gasteiger partial charge in [0.05, 0.1) is 23.8 Å². The molecule has 0 atom stereocenters. The van der Waals surface area contributed by atoms with E-state index in [-0.39, 0.29) is 28.6 Å². The van der Waals surface area contributed by atoms with Gasteiger partial charge in [-0.3, -0.25) is 24.1 Å². The van der Waals surface area contributed by atoms with Gasteiger partial charge in [-0.05, 0) is 36.5 Å². The second kappa shape index (κ2) is 9.33. The van der Waals surface area contributed by atoms with Crippen molar-refractivity contribution in [3.05, 3.63) is 76.2 Å². The number of alkyl halides is 1. The molecule has 4 heterocycles. The molecular weight excluding hydrogens is 457 g/mol. The normalized spacial score (nSPS) is 16.9. The highest BCUT2D eigenvalue weighted by Gasteiger charge is 2.35. The topological polar surface area (TPSA) is 83.4 Å². The number of likely N-dealkylation sites (tertiary alicyclic amines) is 1. The summed E-state index contributed by atoms with van der Waals surface area (Å²) in [5.41, 5.74) is 3.85. The highest BCUT2D eigenvalue weighted by atomic mass is 19.1. The highest BCUT2D eigenvalue weighted by molar-refractivity contribution is 6.05. The molecule has 1 aliphatic heterocycles. The molecule has 2 aliphatic rings. The molecule has 36 heavy (non-hydrogen) atoms. The molecule has 184 valence electrons. The lowest BCUT2D eigenvalue weighted by Gasteiger charge is -2.37. The SMILES string of the molecule is O=C(c1c(-c2ccccn2)[nH]n2c(=O)cc(-c3ccc(C4CCCCC4)cc3)nc12)N1CC(CF)C1. The number of hydrogen-bond donors (Lipinski definition) is 1. The fraction of sp³-hybridized carbons (Fsp3) is 0.357. The van der Waals surface area contributed by atoms with Crippen LogP contribution in [0.4, 0.5) is 4.39 Å². The first-order valence-corrected chi connectivity index (χ1v) is 12.6. The lowest BCUT2D eigenvalue weighted by Crippen LogP contribution is -2.50. The smallest absolute Gasteiger partial charge is 0.273 e. The number of rotatable bonds is 5. The molecule has 0 bridgehead atoms. The molecule has 1 amide bonds. The number of halogens is 1. The van der Waals surface area contributed by atoms with E-state index in [2.05, 4.69) is 22.2 Å². The predicted octanol–water partition coefficient (Wildman–Crippen LogP) is 4.84. The Balaban J connectivity index is 1.43. The van der Waals surface area contributed by atoms with Crippen molar-refractivity contribution < 1.29 is 9.18 Å². The van der Waals surface area contributed by atoms with Gasteiger partial charge in [0.2, 0.25) is 0 Å². The quantitative estimate of drug-likeness (QED) is 0.438. The Morgan fingerprint density at radius 3 is 2.50 bits per heavy atom. The van der Waals surface area contributed by atoms with Gasteiger partial charge in [-0.2, -0.15) is 0 Å². The summed E-state index contributed by atoms with van der Waals surface area (Å²) in [4.78, 5) is 37.4. The third-order valence-corrected chi connectivity index (χ3v) is 7.50. The molecule has 0 radical (unpaired) electrons. The van der Waals surface area contributed by atoms with E-state index >= 15 is 0 Å². The van der Waals surface area contributed by atoms with Gasteiger partial charge >= 0.3 is 0 Å². The van der Waals surface area contributed by atoms with Crippen LogP contribution in [0.25, 0.3) is 28.3 Å². The number of fused-ring (bicyclic) bond motifs is 1. The Bertz CT molecular complexity index is 1450. The van der Waals surface area contributed by atoms with Crippen LogP contribution in [-0.2, 0) is 0 Å². The van der Waals surface area contributed by atoms with Gasteiger partial charge < -0.3 is 4.90 Å². The van der Waals surface area contributed by atoms with Crippen molar-refractivity contribution in [2.24, 2.45) is 5.92 Å². The largest absolute Gasteiger partial charge is 0.338 e. The minimum atomic E-state index is -0.455. The number of carbonyl (C=O) groups is 1. The Hall–Kier alpha value is -3.81. The number of amides is 1. The van der Waals surface area contributed by atoms with Gasteiger partial charge in [0, 0.05) is 36.8 Å². The number of aromatic amines is 1. The summed E-state index contributed by atoms with van der Waals surface area (Å²) in [6, 6.07) is 15.2. The van der Waals surface area contributed by atoms with E-state index in [0.717, 1.165) is 5.56 Å². The number of hydrogen-bond acceptors (Lipinski definition) is 4. The van der Waals surface area contributed by atoms with Crippen molar-refractivity contribution in [3.8, 4) is 22.6 Å². The molecule has 1 aromatic carbocycles. The Labute approximate surface area is 208 Å². The van der Waals surface area contributed by atoms with Crippen LogP contribution in [0, 0.1) is 5.92 Å². The average molecular weight is 486 g/mol. The van der Waals surface area contributed by atoms with Crippen molar-refractivity contribution in [1.82, 2.24) is 24.5 Å². The van der Waals surface area contributed by atoms with Crippen LogP contribution in [0.2, 0.25) is 0 Å². The Kier molecular flexibility index (Phi) is 5.87. The van der Waals surface area contributed by atoms with Crippen LogP contribution in [0.3, 0.4) is 0 Å². The van der Waals surface area contributed by atoms with Crippen molar-refractivity contribution in [3.63, 3.8) is 0 Å². The van der Waals surface area contributed by atoms with Crippen LogP contribution in [0.5, 0.6) is 0 Å². The molecule has 2 fully saturated rings. The van der Waals surface area contributed by atoms with Crippen LogP contribution < -0.4 is 5.56 Å². The van der Waals surface area contributed by atoms with Gasteiger partial charge in [-0.25, -0.2) is 9.50 Å². The summed E-state index contributed by atoms with van der Waals surface area (Å²) in [5, 5.41) is 3.05. The summed E-state index contributed by atoms with van der Waals surface area (Å²) in [6.45, 7) is 0.241. The molecule has 0 spiro atoms. The van der Waals surface area contributed by atoms with Gasteiger partial charge in [0.25, 0.3) is 11.5 Å². The van der Waals surface area contributed by atoms with Crippen LogP contribution in [-0.4, -0.2) is 50.2 Å². The van der Waals surface area contributed by atoms with E-state index < -0.39 is 6.67 Å². The molecule has 0 unspecified atom stereocenters. The lowest BCUT2D eigenvalue weighted by molar-refractivity contribution is 0.0455. The molecule has 4 aromatic rings. The first-order valence-electron chi connectivity index (χ1n) is 12.6. The highest BCUT2D eigenvalue weighted by Crippen LogP contribution is 2.34. The van der Waals surface area contributed by atoms with E-state index in [9.17, 15) is 14.0 Å². The number of aromatic nitrogens is 4. The maximum atomic E-state index is 13.5. The van der Waals surface area contributed by atoms with Crippen LogP contribution in [0.1, 0.15) is 53.9 Å². The molecule has 7 nitrogen and oxygen atoms in total. The van der Waals surface area contributed by atoms with Crippen molar-refractivity contribution in [1.29, 1.82) is 0 Å². The molecule has 1 saturated carbocycles. The second-order valence-electron chi connectivity index (χ2n) is 9.90. The third kappa shape index (κ3) is 4.00. The zero-order valence-corrected chi connectivity index (χ0v) is 20.0. The van der Waals surface area contributed by atoms with Crippen molar-refractivity contribution >= 4 is 11.6 Å². The molecule has 6 rings (SSSR count). The number of nitrogens with one attached hydrogen (secondary N) is 1. The standard InChI is InChI=1S/C28H28FN5O2/c29-15-18-16-33(17-18)28(36)25-26(22-8-4-5-13-30-22)32-34-24(35)14-23(31-27(25)34)21-11-9-20(10-12-21)19-6-2-1-3-7-19/h4-5,8-14,18-19,32H,1-3,6-7,15-17H2. The summed E-state index contributed by atoms with van der Waals surface area (Å²) in [5.74, 6) is 0.163. The number of nitrogens with zero attached hydrogens (tertiary/aromatic N) is 4. The average Bonchev–Trinajstić information content (AvgIpc) is 3.29. The Morgan fingerprint density at radius 1 is 1.03 bits per heavy atom. The van der Waals surface area contributed by atoms with Gasteiger partial charge in [-0.15, -0.1) is 0 Å². The van der Waals surface area contributed by atoms with E-state index in [1.54, 1.807) is 23.2 Å². The number of pyridine rings is 1. The first-order chi connectivity index (χ1) is 17.6. The van der Waals surface area contributed by atoms with E-state index in [1.165, 1.54) is 48.2 Å². The zero-order chi connectivity index (χ0) is 24.6. The number of H-pyrrole nitrogens is 1. The minimum Gasteiger partial charge on any atom is -0.338 e. The summed E-state index contributed by atoms with van der Waals surface area (Å²) < 4.78 is 14.3. The predicted molar refractivity (Wildman–Crippen MR) is 136 cm³/mol. The molecule has 1 aliphatic carbocycles. The summed E-state index contributed by atoms with van der Waals surface area (Å²) in [7, 11) is 0. The maximum absolute atomic E-state index is 13.5. The number of benzene rings is 1. The maximum Gasteiger partial charge on any atom is 0.273 e. The fourth-order valence-corrected chi connectivity index (χ4v) is 5.44. The van der Waals surface area contributed by atoms with Crippen LogP contribution in [0.15, 0.2) is 59.5 Å². The number of carbonyl (C=O) groups excluding carboxylic acids is 1. The van der Waals surface area contributed by atoms with Gasteiger partial charge in [0.15, 0.2) is 5.65 Å². The monoisotopic (exact) mass is 485 g/mol. The molecule has 3 aromatic heterocycles. The van der Waals surface area contributed by atoms with Crippen LogP contribution >= 0.6 is 0 Å². The first kappa shape index (κ1) is 22.6. The van der Waals surface area contributed by atoms with Crippen molar-refractivity contribution in [2.45, 2.75) is 38.0 Å². The molecule has 1 saturated heterocycles. The fourth-order valence-electron chi connectivity index (χ4n) is 5.44. The molecule has 1 N–H and O–H groups in total. The van der Waals surface area contributed by atoms with E-state index in [4.69, 9.17) is 4.98 Å². The lowest BCUT2D eigenvalue weighted by atomic mass is 9.84. The van der Waals surface area contributed by atoms with E-state index in [0.29, 0.717) is 36.1 Å². The zero-order valence-electron chi connectivity index (χ0n) is 20.0. The van der Waals surface area contributed by atoms with E-state index in [1.807, 2.05) is 18.2 Å². The van der Waals surface area contributed by atoms with Gasteiger partial charge in [-0.1, -0.05) is 49.6 Å². The Morgan fingerprint density at radius 2 is 1.81 bits per heavy atom. The van der Waals surface area contributed by atoms with Crippen molar-refractivity contribution in [2.75, 3.05) is 19.8 Å². The molecule has 8 heteroatoms. The molecular formula is C28H28FN5O2. The third-order valence-electron chi connectivity index (χ3n) is 7.50. The summed E-state index contributed by atoms with van der Waals surface area (Å²) >= 11 is 0.